The largest absolute Gasteiger partial charge is 1.00 e. The SMILES string of the molecule is COc1cc2c3c(c1OC)-c1ccccc1CC3N(C(=O)c1cc[n+](Cc3ccc(F)cc3)cc1)CC2.[Br-]. The summed E-state index contributed by atoms with van der Waals surface area (Å²) < 4.78 is 26.8. The minimum absolute atomic E-state index is 0. The standard InChI is InChI=1S/C31H28FN2O3.BrH/c1-36-27-18-23-13-16-34(26-17-22-5-3-4-6-25(22)29(28(23)26)30(27)37-2)31(35)21-11-14-33(15-12-21)19-20-7-9-24(32)10-8-20;/h3-12,14-15,18,26H,13,16-17,19H2,1-2H3;1H/q+1;/p-1. The minimum Gasteiger partial charge on any atom is -1.00 e. The molecule has 0 N–H and O–H groups in total. The minimum atomic E-state index is -0.248. The lowest BCUT2D eigenvalue weighted by Gasteiger charge is -2.42. The molecule has 0 saturated carbocycles. The molecule has 1 unspecified atom stereocenters. The van der Waals surface area contributed by atoms with Crippen molar-refractivity contribution < 1.29 is 40.2 Å². The van der Waals surface area contributed by atoms with Crippen molar-refractivity contribution >= 4 is 5.91 Å². The van der Waals surface area contributed by atoms with Gasteiger partial charge in [-0.15, -0.1) is 0 Å². The molecule has 0 spiro atoms. The van der Waals surface area contributed by atoms with E-state index in [4.69, 9.17) is 9.47 Å². The number of halogens is 2. The first-order valence-corrected chi connectivity index (χ1v) is 12.5. The number of carbonyl (C=O) groups is 1. The molecule has 5 nitrogen and oxygen atoms in total. The molecule has 1 aliphatic carbocycles. The van der Waals surface area contributed by atoms with Gasteiger partial charge in [0.25, 0.3) is 5.91 Å². The van der Waals surface area contributed by atoms with Crippen LogP contribution in [-0.2, 0) is 19.4 Å². The van der Waals surface area contributed by atoms with E-state index in [1.54, 1.807) is 26.4 Å². The van der Waals surface area contributed by atoms with Gasteiger partial charge in [-0.1, -0.05) is 24.3 Å². The Hall–Kier alpha value is -3.71. The van der Waals surface area contributed by atoms with Gasteiger partial charge in [0.1, 0.15) is 5.82 Å². The summed E-state index contributed by atoms with van der Waals surface area (Å²) in [5, 5.41) is 0. The molecule has 38 heavy (non-hydrogen) atoms. The third kappa shape index (κ3) is 4.45. The van der Waals surface area contributed by atoms with Crippen LogP contribution in [0.1, 0.15) is 38.7 Å². The normalized spacial score (nSPS) is 15.1. The molecule has 3 aromatic carbocycles. The van der Waals surface area contributed by atoms with Gasteiger partial charge in [0.2, 0.25) is 0 Å². The lowest BCUT2D eigenvalue weighted by Crippen LogP contribution is -3.00. The van der Waals surface area contributed by atoms with E-state index < -0.39 is 0 Å². The van der Waals surface area contributed by atoms with E-state index in [0.717, 1.165) is 35.3 Å². The number of aromatic nitrogens is 1. The molecule has 4 aromatic rings. The second kappa shape index (κ2) is 10.6. The van der Waals surface area contributed by atoms with Crippen molar-refractivity contribution in [2.75, 3.05) is 20.8 Å². The number of fused-ring (bicyclic) bond motifs is 2. The summed E-state index contributed by atoms with van der Waals surface area (Å²) >= 11 is 0. The van der Waals surface area contributed by atoms with Crippen LogP contribution in [0, 0.1) is 5.82 Å². The number of rotatable bonds is 5. The molecule has 2 aliphatic rings. The molecule has 2 heterocycles. The molecule has 0 radical (unpaired) electrons. The zero-order chi connectivity index (χ0) is 25.5. The van der Waals surface area contributed by atoms with Crippen LogP contribution in [0.2, 0.25) is 0 Å². The number of carbonyl (C=O) groups excluding carboxylic acids is 1. The first-order valence-electron chi connectivity index (χ1n) is 12.5. The zero-order valence-corrected chi connectivity index (χ0v) is 22.9. The molecular formula is C31H28BrFN2O3. The van der Waals surface area contributed by atoms with Crippen LogP contribution in [-0.4, -0.2) is 31.6 Å². The van der Waals surface area contributed by atoms with Crippen LogP contribution in [0.4, 0.5) is 4.39 Å². The van der Waals surface area contributed by atoms with Gasteiger partial charge in [0.15, 0.2) is 30.4 Å². The number of nitrogens with zero attached hydrogens (tertiary/aromatic N) is 2. The molecule has 1 aromatic heterocycles. The van der Waals surface area contributed by atoms with E-state index in [-0.39, 0.29) is 34.7 Å². The van der Waals surface area contributed by atoms with Crippen molar-refractivity contribution in [3.8, 4) is 22.6 Å². The van der Waals surface area contributed by atoms with E-state index in [1.165, 1.54) is 28.8 Å². The number of hydrogen-bond donors (Lipinski definition) is 0. The van der Waals surface area contributed by atoms with Gasteiger partial charge in [-0.25, -0.2) is 8.96 Å². The average Bonchev–Trinajstić information content (AvgIpc) is 2.94. The highest BCUT2D eigenvalue weighted by Gasteiger charge is 2.39. The first kappa shape index (κ1) is 25.9. The van der Waals surface area contributed by atoms with Crippen molar-refractivity contribution in [2.45, 2.75) is 25.4 Å². The number of benzene rings is 3. The fraction of sp³-hybridized carbons (Fsp3) is 0.226. The highest BCUT2D eigenvalue weighted by molar-refractivity contribution is 5.95. The molecule has 0 saturated heterocycles. The Balaban J connectivity index is 0.00000294. The summed E-state index contributed by atoms with van der Waals surface area (Å²) in [6.07, 6.45) is 5.33. The van der Waals surface area contributed by atoms with Crippen LogP contribution in [0.5, 0.6) is 11.5 Å². The van der Waals surface area contributed by atoms with Gasteiger partial charge < -0.3 is 31.4 Å². The molecule has 7 heteroatoms. The second-order valence-electron chi connectivity index (χ2n) is 9.57. The molecule has 0 bridgehead atoms. The fourth-order valence-electron chi connectivity index (χ4n) is 5.75. The summed E-state index contributed by atoms with van der Waals surface area (Å²) in [4.78, 5) is 15.8. The lowest BCUT2D eigenvalue weighted by atomic mass is 9.76. The van der Waals surface area contributed by atoms with Crippen LogP contribution < -0.4 is 31.0 Å². The van der Waals surface area contributed by atoms with Crippen LogP contribution in [0.25, 0.3) is 11.1 Å². The fourth-order valence-corrected chi connectivity index (χ4v) is 5.75. The number of methoxy groups -OCH3 is 2. The van der Waals surface area contributed by atoms with Crippen LogP contribution in [0.15, 0.2) is 79.1 Å². The second-order valence-corrected chi connectivity index (χ2v) is 9.57. The van der Waals surface area contributed by atoms with Crippen LogP contribution in [0.3, 0.4) is 0 Å². The quantitative estimate of drug-likeness (QED) is 0.343. The monoisotopic (exact) mass is 574 g/mol. The number of hydrogen-bond acceptors (Lipinski definition) is 3. The number of pyridine rings is 1. The van der Waals surface area contributed by atoms with Gasteiger partial charge in [-0.3, -0.25) is 4.79 Å². The Bertz CT molecular complexity index is 1490. The average molecular weight is 575 g/mol. The summed E-state index contributed by atoms with van der Waals surface area (Å²) in [5.41, 5.74) is 7.39. The lowest BCUT2D eigenvalue weighted by molar-refractivity contribution is -0.688. The van der Waals surface area contributed by atoms with E-state index in [1.807, 2.05) is 46.1 Å². The Labute approximate surface area is 232 Å². The third-order valence-electron chi connectivity index (χ3n) is 7.50. The molecule has 1 aliphatic heterocycles. The first-order chi connectivity index (χ1) is 18.1. The highest BCUT2D eigenvalue weighted by Crippen LogP contribution is 2.52. The van der Waals surface area contributed by atoms with Crippen molar-refractivity contribution in [1.29, 1.82) is 0 Å². The topological polar surface area (TPSA) is 42.7 Å². The van der Waals surface area contributed by atoms with Crippen molar-refractivity contribution in [3.63, 3.8) is 0 Å². The number of amides is 1. The maximum Gasteiger partial charge on any atom is 0.254 e. The van der Waals surface area contributed by atoms with E-state index in [9.17, 15) is 9.18 Å². The summed E-state index contributed by atoms with van der Waals surface area (Å²) in [5.74, 6) is 1.21. The van der Waals surface area contributed by atoms with Gasteiger partial charge in [0, 0.05) is 29.8 Å². The molecule has 0 fully saturated rings. The van der Waals surface area contributed by atoms with E-state index in [2.05, 4.69) is 18.2 Å². The summed E-state index contributed by atoms with van der Waals surface area (Å²) in [7, 11) is 3.34. The van der Waals surface area contributed by atoms with Crippen molar-refractivity contribution in [2.24, 2.45) is 0 Å². The molecule has 194 valence electrons. The van der Waals surface area contributed by atoms with Crippen molar-refractivity contribution in [3.05, 3.63) is 113 Å². The van der Waals surface area contributed by atoms with Crippen molar-refractivity contribution in [1.82, 2.24) is 4.90 Å². The summed E-state index contributed by atoms with van der Waals surface area (Å²) in [6, 6.07) is 20.5. The zero-order valence-electron chi connectivity index (χ0n) is 21.3. The van der Waals surface area contributed by atoms with Gasteiger partial charge >= 0.3 is 0 Å². The molecule has 1 atom stereocenters. The third-order valence-corrected chi connectivity index (χ3v) is 7.50. The van der Waals surface area contributed by atoms with E-state index in [0.29, 0.717) is 24.4 Å². The molecule has 1 amide bonds. The van der Waals surface area contributed by atoms with Gasteiger partial charge in [-0.2, -0.15) is 0 Å². The maximum atomic E-state index is 13.8. The number of ether oxygens (including phenoxy) is 2. The Morgan fingerprint density at radius 1 is 1.00 bits per heavy atom. The Morgan fingerprint density at radius 2 is 1.74 bits per heavy atom. The smallest absolute Gasteiger partial charge is 0.254 e. The summed E-state index contributed by atoms with van der Waals surface area (Å²) in [6.45, 7) is 1.24. The maximum absolute atomic E-state index is 13.8. The molecular weight excluding hydrogens is 547 g/mol. The Kier molecular flexibility index (Phi) is 7.21. The predicted molar refractivity (Wildman–Crippen MR) is 138 cm³/mol. The van der Waals surface area contributed by atoms with Gasteiger partial charge in [0.05, 0.1) is 25.8 Å². The predicted octanol–water partition coefficient (Wildman–Crippen LogP) is 2.15. The molecule has 6 rings (SSSR count). The Morgan fingerprint density at radius 3 is 2.45 bits per heavy atom. The van der Waals surface area contributed by atoms with E-state index >= 15 is 0 Å². The highest BCUT2D eigenvalue weighted by atomic mass is 79.9. The van der Waals surface area contributed by atoms with Crippen LogP contribution >= 0.6 is 0 Å². The van der Waals surface area contributed by atoms with Gasteiger partial charge in [-0.05, 0) is 65.4 Å².